The molecule has 128 valence electrons. The third-order valence-corrected chi connectivity index (χ3v) is 4.95. The van der Waals surface area contributed by atoms with E-state index in [4.69, 9.17) is 11.6 Å². The third kappa shape index (κ3) is 4.09. The van der Waals surface area contributed by atoms with Crippen molar-refractivity contribution >= 4 is 17.6 Å². The Balaban J connectivity index is 1.67. The molecule has 0 aliphatic heterocycles. The van der Waals surface area contributed by atoms with E-state index in [0.717, 1.165) is 24.1 Å². The van der Waals surface area contributed by atoms with Gasteiger partial charge in [-0.2, -0.15) is 5.10 Å². The van der Waals surface area contributed by atoms with Gasteiger partial charge in [-0.3, -0.25) is 4.68 Å². The first-order valence-electron chi connectivity index (χ1n) is 8.40. The molecule has 2 amide bonds. The van der Waals surface area contributed by atoms with Crippen LogP contribution in [0.5, 0.6) is 0 Å². The summed E-state index contributed by atoms with van der Waals surface area (Å²) in [6.45, 7) is 0.454. The molecule has 2 aromatic rings. The first kappa shape index (κ1) is 16.8. The van der Waals surface area contributed by atoms with Crippen LogP contribution in [0.3, 0.4) is 0 Å². The Morgan fingerprint density at radius 3 is 2.83 bits per heavy atom. The Labute approximate surface area is 147 Å². The Morgan fingerprint density at radius 2 is 2.17 bits per heavy atom. The Hall–Kier alpha value is -2.01. The Bertz CT molecular complexity index is 694. The van der Waals surface area contributed by atoms with Crippen molar-refractivity contribution in [2.24, 2.45) is 13.0 Å². The van der Waals surface area contributed by atoms with Crippen molar-refractivity contribution in [2.75, 3.05) is 0 Å². The fourth-order valence-electron chi connectivity index (χ4n) is 3.40. The summed E-state index contributed by atoms with van der Waals surface area (Å²) >= 11 is 6.14. The van der Waals surface area contributed by atoms with Crippen molar-refractivity contribution in [1.82, 2.24) is 20.4 Å². The number of urea groups is 1. The molecule has 0 radical (unpaired) electrons. The van der Waals surface area contributed by atoms with E-state index in [0.29, 0.717) is 17.5 Å². The maximum atomic E-state index is 12.4. The molecule has 1 aliphatic carbocycles. The van der Waals surface area contributed by atoms with Gasteiger partial charge in [0.05, 0.1) is 18.3 Å². The van der Waals surface area contributed by atoms with Crippen molar-refractivity contribution in [1.29, 1.82) is 0 Å². The summed E-state index contributed by atoms with van der Waals surface area (Å²) in [5.74, 6) is 0.464. The highest BCUT2D eigenvalue weighted by Crippen LogP contribution is 2.36. The number of hydrogen-bond acceptors (Lipinski definition) is 2. The van der Waals surface area contributed by atoms with E-state index in [9.17, 15) is 4.79 Å². The van der Waals surface area contributed by atoms with Gasteiger partial charge in [0, 0.05) is 18.3 Å². The molecule has 1 heterocycles. The Kier molecular flexibility index (Phi) is 5.41. The predicted octanol–water partition coefficient (Wildman–Crippen LogP) is 3.80. The molecular formula is C18H23ClN4O. The Morgan fingerprint density at radius 1 is 1.38 bits per heavy atom. The number of halogens is 1. The van der Waals surface area contributed by atoms with Crippen LogP contribution in [0.25, 0.3) is 0 Å². The van der Waals surface area contributed by atoms with Gasteiger partial charge in [-0.25, -0.2) is 4.79 Å². The minimum atomic E-state index is -0.159. The van der Waals surface area contributed by atoms with E-state index >= 15 is 0 Å². The van der Waals surface area contributed by atoms with Crippen molar-refractivity contribution < 1.29 is 4.79 Å². The molecule has 3 rings (SSSR count). The van der Waals surface area contributed by atoms with Crippen LogP contribution in [0.15, 0.2) is 36.5 Å². The number of nitrogens with zero attached hydrogens (tertiary/aromatic N) is 2. The largest absolute Gasteiger partial charge is 0.333 e. The van der Waals surface area contributed by atoms with Crippen molar-refractivity contribution in [3.63, 3.8) is 0 Å². The van der Waals surface area contributed by atoms with Gasteiger partial charge in [-0.05, 0) is 42.5 Å². The number of nitrogens with one attached hydrogen (secondary N) is 2. The van der Waals surface area contributed by atoms with E-state index in [1.807, 2.05) is 37.4 Å². The van der Waals surface area contributed by atoms with Crippen molar-refractivity contribution in [3.8, 4) is 0 Å². The summed E-state index contributed by atoms with van der Waals surface area (Å²) in [6, 6.07) is 9.52. The van der Waals surface area contributed by atoms with E-state index in [1.165, 1.54) is 12.8 Å². The zero-order valence-electron chi connectivity index (χ0n) is 13.8. The fraction of sp³-hybridized carbons (Fsp3) is 0.444. The van der Waals surface area contributed by atoms with Gasteiger partial charge in [-0.15, -0.1) is 0 Å². The molecule has 0 saturated heterocycles. The van der Waals surface area contributed by atoms with E-state index in [-0.39, 0.29) is 12.1 Å². The number of hydrogen-bond donors (Lipinski definition) is 2. The molecule has 2 N–H and O–H groups in total. The van der Waals surface area contributed by atoms with Crippen LogP contribution < -0.4 is 10.6 Å². The van der Waals surface area contributed by atoms with Crippen LogP contribution in [-0.4, -0.2) is 15.8 Å². The van der Waals surface area contributed by atoms with Crippen LogP contribution in [-0.2, 0) is 13.6 Å². The summed E-state index contributed by atoms with van der Waals surface area (Å²) in [7, 11) is 1.86. The maximum absolute atomic E-state index is 12.4. The molecule has 1 unspecified atom stereocenters. The molecular weight excluding hydrogens is 324 g/mol. The monoisotopic (exact) mass is 346 g/mol. The number of carbonyl (C=O) groups is 1. The second kappa shape index (κ2) is 7.71. The van der Waals surface area contributed by atoms with Gasteiger partial charge in [0.25, 0.3) is 0 Å². The lowest BCUT2D eigenvalue weighted by Crippen LogP contribution is -2.40. The second-order valence-corrected chi connectivity index (χ2v) is 6.79. The molecule has 0 bridgehead atoms. The number of aryl methyl sites for hydroxylation is 1. The number of amides is 2. The topological polar surface area (TPSA) is 59.0 Å². The maximum Gasteiger partial charge on any atom is 0.315 e. The molecule has 6 heteroatoms. The summed E-state index contributed by atoms with van der Waals surface area (Å²) in [5, 5.41) is 10.9. The van der Waals surface area contributed by atoms with Crippen LogP contribution in [0.2, 0.25) is 5.02 Å². The number of carbonyl (C=O) groups excluding carboxylic acids is 1. The summed E-state index contributed by atoms with van der Waals surface area (Å²) in [4.78, 5) is 12.4. The molecule has 1 aromatic carbocycles. The van der Waals surface area contributed by atoms with Gasteiger partial charge in [-0.1, -0.05) is 36.6 Å². The number of benzene rings is 1. The SMILES string of the molecule is Cn1nccc1CNC(=O)NC(c1cccc(Cl)c1)C1CCCC1. The highest BCUT2D eigenvalue weighted by molar-refractivity contribution is 6.30. The van der Waals surface area contributed by atoms with Gasteiger partial charge < -0.3 is 10.6 Å². The zero-order valence-corrected chi connectivity index (χ0v) is 14.6. The molecule has 1 fully saturated rings. The lowest BCUT2D eigenvalue weighted by molar-refractivity contribution is 0.230. The van der Waals surface area contributed by atoms with Crippen LogP contribution in [0.4, 0.5) is 4.79 Å². The van der Waals surface area contributed by atoms with E-state index in [2.05, 4.69) is 15.7 Å². The first-order chi connectivity index (χ1) is 11.6. The highest BCUT2D eigenvalue weighted by Gasteiger charge is 2.27. The van der Waals surface area contributed by atoms with Crippen LogP contribution in [0.1, 0.15) is 43.0 Å². The molecule has 1 aromatic heterocycles. The van der Waals surface area contributed by atoms with E-state index < -0.39 is 0 Å². The van der Waals surface area contributed by atoms with Crippen LogP contribution >= 0.6 is 11.6 Å². The van der Waals surface area contributed by atoms with Gasteiger partial charge in [0.2, 0.25) is 0 Å². The minimum absolute atomic E-state index is 0.00210. The quantitative estimate of drug-likeness (QED) is 0.865. The van der Waals surface area contributed by atoms with Gasteiger partial charge in [0.15, 0.2) is 0 Å². The molecule has 5 nitrogen and oxygen atoms in total. The van der Waals surface area contributed by atoms with Crippen molar-refractivity contribution in [2.45, 2.75) is 38.3 Å². The third-order valence-electron chi connectivity index (χ3n) is 4.72. The number of rotatable bonds is 5. The lowest BCUT2D eigenvalue weighted by Gasteiger charge is -2.25. The standard InChI is InChI=1S/C18H23ClN4O/c1-23-16(9-10-21-23)12-20-18(24)22-17(13-5-2-3-6-13)14-7-4-8-15(19)11-14/h4,7-11,13,17H,2-3,5-6,12H2,1H3,(H2,20,22,24). The summed E-state index contributed by atoms with van der Waals surface area (Å²) < 4.78 is 1.76. The van der Waals surface area contributed by atoms with Gasteiger partial charge in [0.1, 0.15) is 0 Å². The average molecular weight is 347 g/mol. The smallest absolute Gasteiger partial charge is 0.315 e. The molecule has 24 heavy (non-hydrogen) atoms. The van der Waals surface area contributed by atoms with Crippen molar-refractivity contribution in [3.05, 3.63) is 52.8 Å². The fourth-order valence-corrected chi connectivity index (χ4v) is 3.60. The van der Waals surface area contributed by atoms with Gasteiger partial charge >= 0.3 is 6.03 Å². The second-order valence-electron chi connectivity index (χ2n) is 6.35. The molecule has 1 saturated carbocycles. The lowest BCUT2D eigenvalue weighted by atomic mass is 9.92. The average Bonchev–Trinajstić information content (AvgIpc) is 3.22. The first-order valence-corrected chi connectivity index (χ1v) is 8.78. The molecule has 1 atom stereocenters. The minimum Gasteiger partial charge on any atom is -0.333 e. The summed E-state index contributed by atoms with van der Waals surface area (Å²) in [5.41, 5.74) is 2.04. The summed E-state index contributed by atoms with van der Waals surface area (Å²) in [6.07, 6.45) is 6.45. The highest BCUT2D eigenvalue weighted by atomic mass is 35.5. The van der Waals surface area contributed by atoms with E-state index in [1.54, 1.807) is 10.9 Å². The predicted molar refractivity (Wildman–Crippen MR) is 94.7 cm³/mol. The van der Waals surface area contributed by atoms with Crippen LogP contribution in [0, 0.1) is 5.92 Å². The zero-order chi connectivity index (χ0) is 16.9. The molecule has 1 aliphatic rings. The normalized spacial score (nSPS) is 16.1. The molecule has 0 spiro atoms. The number of aromatic nitrogens is 2.